The Labute approximate surface area is 122 Å². The highest BCUT2D eigenvalue weighted by molar-refractivity contribution is 5.20. The molecule has 0 radical (unpaired) electrons. The molecule has 0 bridgehead atoms. The highest BCUT2D eigenvalue weighted by atomic mass is 16.5. The highest BCUT2D eigenvalue weighted by Gasteiger charge is 2.15. The summed E-state index contributed by atoms with van der Waals surface area (Å²) in [5.41, 5.74) is 6.62. The van der Waals surface area contributed by atoms with E-state index < -0.39 is 0 Å². The molecule has 1 atom stereocenters. The van der Waals surface area contributed by atoms with Gasteiger partial charge in [-0.2, -0.15) is 5.26 Å². The van der Waals surface area contributed by atoms with Gasteiger partial charge in [0.05, 0.1) is 24.3 Å². The summed E-state index contributed by atoms with van der Waals surface area (Å²) in [6, 6.07) is 6.35. The molecule has 1 unspecified atom stereocenters. The molecule has 20 heavy (non-hydrogen) atoms. The molecule has 1 rings (SSSR count). The van der Waals surface area contributed by atoms with E-state index >= 15 is 0 Å². The lowest BCUT2D eigenvalue weighted by atomic mass is 9.90. The molecule has 0 amide bonds. The molecule has 1 aromatic rings. The van der Waals surface area contributed by atoms with Crippen molar-refractivity contribution in [3.8, 4) is 11.8 Å². The number of hydrogen-bond donors (Lipinski definition) is 1. The van der Waals surface area contributed by atoms with Gasteiger partial charge in [-0.1, -0.05) is 6.92 Å². The normalized spacial score (nSPS) is 12.8. The summed E-state index contributed by atoms with van der Waals surface area (Å²) in [4.78, 5) is 4.35. The molecule has 0 aliphatic rings. The van der Waals surface area contributed by atoms with Crippen LogP contribution in [0.1, 0.15) is 45.7 Å². The van der Waals surface area contributed by atoms with E-state index in [0.717, 1.165) is 37.1 Å². The molecule has 4 heteroatoms. The summed E-state index contributed by atoms with van der Waals surface area (Å²) in [5, 5.41) is 8.92. The van der Waals surface area contributed by atoms with Crippen molar-refractivity contribution < 1.29 is 4.74 Å². The molecule has 1 heterocycles. The fourth-order valence-corrected chi connectivity index (χ4v) is 1.79. The van der Waals surface area contributed by atoms with Crippen LogP contribution in [0.25, 0.3) is 0 Å². The van der Waals surface area contributed by atoms with Crippen molar-refractivity contribution in [1.29, 1.82) is 5.26 Å². The molecule has 110 valence electrons. The minimum atomic E-state index is -0.276. The van der Waals surface area contributed by atoms with Crippen LogP contribution in [0.5, 0.6) is 5.75 Å². The Morgan fingerprint density at radius 1 is 1.45 bits per heavy atom. The summed E-state index contributed by atoms with van der Waals surface area (Å²) in [5.74, 6) is 0.772. The Kier molecular flexibility index (Phi) is 6.47. The topological polar surface area (TPSA) is 71.9 Å². The minimum absolute atomic E-state index is 0.169. The van der Waals surface area contributed by atoms with E-state index in [-0.39, 0.29) is 11.5 Å². The first-order valence-corrected chi connectivity index (χ1v) is 7.21. The fraction of sp³-hybridized carbons (Fsp3) is 0.625. The van der Waals surface area contributed by atoms with Crippen LogP contribution in [0, 0.1) is 16.7 Å². The Morgan fingerprint density at radius 3 is 2.75 bits per heavy atom. The number of hydrogen-bond acceptors (Lipinski definition) is 4. The van der Waals surface area contributed by atoms with Gasteiger partial charge in [0.2, 0.25) is 0 Å². The van der Waals surface area contributed by atoms with Crippen LogP contribution in [-0.2, 0) is 6.42 Å². The van der Waals surface area contributed by atoms with Gasteiger partial charge in [-0.25, -0.2) is 0 Å². The first-order chi connectivity index (χ1) is 9.46. The van der Waals surface area contributed by atoms with E-state index in [0.29, 0.717) is 6.61 Å². The van der Waals surface area contributed by atoms with Crippen LogP contribution in [0.3, 0.4) is 0 Å². The van der Waals surface area contributed by atoms with Gasteiger partial charge in [0.15, 0.2) is 0 Å². The van der Waals surface area contributed by atoms with Crippen LogP contribution in [-0.4, -0.2) is 17.6 Å². The number of nitrogens with two attached hydrogens (primary N) is 1. The summed E-state index contributed by atoms with van der Waals surface area (Å²) in [7, 11) is 0. The van der Waals surface area contributed by atoms with E-state index in [1.165, 1.54) is 0 Å². The van der Waals surface area contributed by atoms with Crippen molar-refractivity contribution in [2.45, 2.75) is 52.5 Å². The molecule has 2 N–H and O–H groups in total. The quantitative estimate of drug-likeness (QED) is 0.740. The summed E-state index contributed by atoms with van der Waals surface area (Å²) in [6.45, 7) is 6.58. The van der Waals surface area contributed by atoms with Crippen molar-refractivity contribution in [3.63, 3.8) is 0 Å². The number of ether oxygens (including phenoxy) is 1. The van der Waals surface area contributed by atoms with Crippen LogP contribution in [0.4, 0.5) is 0 Å². The molecule has 0 fully saturated rings. The zero-order valence-corrected chi connectivity index (χ0v) is 12.7. The van der Waals surface area contributed by atoms with Crippen LogP contribution >= 0.6 is 0 Å². The van der Waals surface area contributed by atoms with E-state index in [2.05, 4.69) is 18.0 Å². The third-order valence-corrected chi connectivity index (χ3v) is 3.31. The standard InChI is InChI=1S/C16H25N3O/c1-4-13(18)10-14-6-7-15(11-19-14)20-9-5-8-16(2,3)12-17/h6-7,11,13H,4-5,8-10,18H2,1-3H3. The minimum Gasteiger partial charge on any atom is -0.492 e. The number of nitriles is 1. The second-order valence-electron chi connectivity index (χ2n) is 5.81. The lowest BCUT2D eigenvalue weighted by Gasteiger charge is -2.14. The van der Waals surface area contributed by atoms with Crippen molar-refractivity contribution in [2.24, 2.45) is 11.1 Å². The third-order valence-electron chi connectivity index (χ3n) is 3.31. The number of nitrogens with zero attached hydrogens (tertiary/aromatic N) is 2. The largest absolute Gasteiger partial charge is 0.492 e. The molecule has 4 nitrogen and oxygen atoms in total. The maximum atomic E-state index is 8.92. The zero-order valence-electron chi connectivity index (χ0n) is 12.7. The molecule has 0 saturated carbocycles. The highest BCUT2D eigenvalue weighted by Crippen LogP contribution is 2.21. The lowest BCUT2D eigenvalue weighted by Crippen LogP contribution is -2.21. The van der Waals surface area contributed by atoms with Gasteiger partial charge in [-0.3, -0.25) is 4.98 Å². The fourth-order valence-electron chi connectivity index (χ4n) is 1.79. The molecule has 1 aromatic heterocycles. The summed E-state index contributed by atoms with van der Waals surface area (Å²) < 4.78 is 5.63. The SMILES string of the molecule is CCC(N)Cc1ccc(OCCCC(C)(C)C#N)cn1. The first-order valence-electron chi connectivity index (χ1n) is 7.21. The van der Waals surface area contributed by atoms with Crippen molar-refractivity contribution >= 4 is 0 Å². The van der Waals surface area contributed by atoms with Gasteiger partial charge in [0, 0.05) is 18.2 Å². The Hall–Kier alpha value is -1.60. The van der Waals surface area contributed by atoms with E-state index in [1.807, 2.05) is 26.0 Å². The van der Waals surface area contributed by atoms with Gasteiger partial charge in [-0.15, -0.1) is 0 Å². The van der Waals surface area contributed by atoms with Crippen LogP contribution < -0.4 is 10.5 Å². The number of aromatic nitrogens is 1. The van der Waals surface area contributed by atoms with Gasteiger partial charge in [-0.05, 0) is 45.2 Å². The van der Waals surface area contributed by atoms with Gasteiger partial charge >= 0.3 is 0 Å². The molecule has 0 aliphatic heterocycles. The average Bonchev–Trinajstić information content (AvgIpc) is 2.45. The van der Waals surface area contributed by atoms with Gasteiger partial charge in [0.25, 0.3) is 0 Å². The Bertz CT molecular complexity index is 434. The monoisotopic (exact) mass is 275 g/mol. The molecule has 0 aliphatic carbocycles. The second kappa shape index (κ2) is 7.86. The predicted molar refractivity (Wildman–Crippen MR) is 80.3 cm³/mol. The molecular weight excluding hydrogens is 250 g/mol. The second-order valence-corrected chi connectivity index (χ2v) is 5.81. The third kappa shape index (κ3) is 6.03. The average molecular weight is 275 g/mol. The van der Waals surface area contributed by atoms with Crippen molar-refractivity contribution in [1.82, 2.24) is 4.98 Å². The van der Waals surface area contributed by atoms with Gasteiger partial charge < -0.3 is 10.5 Å². The summed E-state index contributed by atoms with van der Waals surface area (Å²) >= 11 is 0. The number of pyridine rings is 1. The van der Waals surface area contributed by atoms with E-state index in [9.17, 15) is 0 Å². The first kappa shape index (κ1) is 16.5. The van der Waals surface area contributed by atoms with Crippen molar-refractivity contribution in [2.75, 3.05) is 6.61 Å². The predicted octanol–water partition coefficient (Wildman–Crippen LogP) is 3.07. The summed E-state index contributed by atoms with van der Waals surface area (Å²) in [6.07, 6.45) is 5.19. The Balaban J connectivity index is 2.34. The van der Waals surface area contributed by atoms with Crippen LogP contribution in [0.2, 0.25) is 0 Å². The number of rotatable bonds is 8. The van der Waals surface area contributed by atoms with E-state index in [1.54, 1.807) is 6.20 Å². The molecule has 0 spiro atoms. The van der Waals surface area contributed by atoms with Crippen molar-refractivity contribution in [3.05, 3.63) is 24.0 Å². The molecule has 0 saturated heterocycles. The maximum Gasteiger partial charge on any atom is 0.137 e. The lowest BCUT2D eigenvalue weighted by molar-refractivity contribution is 0.283. The molecule has 0 aromatic carbocycles. The zero-order chi connectivity index (χ0) is 15.0. The van der Waals surface area contributed by atoms with E-state index in [4.69, 9.17) is 15.7 Å². The van der Waals surface area contributed by atoms with Gasteiger partial charge in [0.1, 0.15) is 5.75 Å². The molecular formula is C16H25N3O. The Morgan fingerprint density at radius 2 is 2.20 bits per heavy atom. The van der Waals surface area contributed by atoms with Crippen LogP contribution in [0.15, 0.2) is 18.3 Å². The maximum absolute atomic E-state index is 8.92. The smallest absolute Gasteiger partial charge is 0.137 e.